The number of hydrogen-bond donors (Lipinski definition) is 1. The Balaban J connectivity index is 3.05. The molecular weight excluding hydrogens is 205 g/mol. The lowest BCUT2D eigenvalue weighted by Gasteiger charge is -2.11. The first kappa shape index (κ1) is 10.3. The highest BCUT2D eigenvalue weighted by Crippen LogP contribution is 2.24. The molecule has 0 amide bonds. The molecule has 0 bridgehead atoms. The van der Waals surface area contributed by atoms with Crippen molar-refractivity contribution in [3.8, 4) is 0 Å². The predicted octanol–water partition coefficient (Wildman–Crippen LogP) is 2.14. The van der Waals surface area contributed by atoms with Crippen LogP contribution in [0.4, 0.5) is 13.2 Å². The molecule has 0 aliphatic heterocycles. The summed E-state index contributed by atoms with van der Waals surface area (Å²) in [5.74, 6) is -0.740. The number of alkyl halides is 2. The van der Waals surface area contributed by atoms with Crippen LogP contribution in [0.5, 0.6) is 0 Å². The van der Waals surface area contributed by atoms with E-state index in [4.69, 9.17) is 17.3 Å². The summed E-state index contributed by atoms with van der Waals surface area (Å²) in [7, 11) is 0. The summed E-state index contributed by atoms with van der Waals surface area (Å²) in [6, 6.07) is -0.748. The zero-order valence-corrected chi connectivity index (χ0v) is 7.10. The van der Waals surface area contributed by atoms with E-state index in [1.54, 1.807) is 0 Å². The van der Waals surface area contributed by atoms with Gasteiger partial charge in [-0.3, -0.25) is 0 Å². The lowest BCUT2D eigenvalue weighted by molar-refractivity contribution is 0.116. The number of halogens is 4. The molecule has 1 unspecified atom stereocenters. The van der Waals surface area contributed by atoms with Crippen molar-refractivity contribution >= 4 is 11.6 Å². The van der Waals surface area contributed by atoms with Crippen LogP contribution < -0.4 is 5.73 Å². The highest BCUT2D eigenvalue weighted by Gasteiger charge is 2.21. The van der Waals surface area contributed by atoms with E-state index in [1.165, 1.54) is 0 Å². The Bertz CT molecular complexity index is 306. The summed E-state index contributed by atoms with van der Waals surface area (Å²) in [5.41, 5.74) is 4.88. The molecule has 0 aliphatic carbocycles. The van der Waals surface area contributed by atoms with Gasteiger partial charge >= 0.3 is 0 Å². The molecule has 1 atom stereocenters. The fourth-order valence-corrected chi connectivity index (χ4v) is 1.04. The second-order valence-electron chi connectivity index (χ2n) is 2.39. The summed E-state index contributed by atoms with van der Waals surface area (Å²) in [6.45, 7) is 0. The Morgan fingerprint density at radius 2 is 2.08 bits per heavy atom. The third kappa shape index (κ3) is 2.32. The number of hydrogen-bond acceptors (Lipinski definition) is 2. The van der Waals surface area contributed by atoms with E-state index in [9.17, 15) is 13.2 Å². The van der Waals surface area contributed by atoms with Crippen LogP contribution in [0, 0.1) is 5.82 Å². The summed E-state index contributed by atoms with van der Waals surface area (Å²) < 4.78 is 36.7. The molecule has 1 aromatic rings. The van der Waals surface area contributed by atoms with E-state index in [0.29, 0.717) is 0 Å². The van der Waals surface area contributed by atoms with Crippen LogP contribution >= 0.6 is 11.6 Å². The molecule has 1 rings (SSSR count). The second-order valence-corrected chi connectivity index (χ2v) is 2.75. The maximum atomic E-state index is 12.5. The van der Waals surface area contributed by atoms with Gasteiger partial charge in [-0.1, -0.05) is 11.6 Å². The van der Waals surface area contributed by atoms with Gasteiger partial charge in [0.25, 0.3) is 6.43 Å². The maximum Gasteiger partial charge on any atom is 0.257 e. The molecule has 0 saturated carbocycles. The molecule has 2 nitrogen and oxygen atoms in total. The minimum Gasteiger partial charge on any atom is -0.319 e. The molecule has 72 valence electrons. The number of nitrogens with zero attached hydrogens (tertiary/aromatic N) is 1. The summed E-state index contributed by atoms with van der Waals surface area (Å²) in [5, 5.41) is -0.200. The Morgan fingerprint density at radius 1 is 1.46 bits per heavy atom. The first-order valence-electron chi connectivity index (χ1n) is 3.37. The summed E-state index contributed by atoms with van der Waals surface area (Å²) >= 11 is 5.44. The highest BCUT2D eigenvalue weighted by atomic mass is 35.5. The Kier molecular flexibility index (Phi) is 3.11. The molecule has 0 aliphatic rings. The lowest BCUT2D eigenvalue weighted by Crippen LogP contribution is -2.19. The average Bonchev–Trinajstić information content (AvgIpc) is 2.08. The van der Waals surface area contributed by atoms with Crippen molar-refractivity contribution in [3.05, 3.63) is 28.8 Å². The molecule has 0 spiro atoms. The monoisotopic (exact) mass is 210 g/mol. The second kappa shape index (κ2) is 3.93. The Morgan fingerprint density at radius 3 is 2.62 bits per heavy atom. The van der Waals surface area contributed by atoms with Crippen LogP contribution in [0.1, 0.15) is 11.6 Å². The van der Waals surface area contributed by atoms with Crippen molar-refractivity contribution in [2.75, 3.05) is 0 Å². The van der Waals surface area contributed by atoms with Crippen LogP contribution in [-0.2, 0) is 0 Å². The molecule has 2 N–H and O–H groups in total. The molecule has 6 heteroatoms. The fourth-order valence-electron chi connectivity index (χ4n) is 0.808. The van der Waals surface area contributed by atoms with Gasteiger partial charge < -0.3 is 5.73 Å². The number of rotatable bonds is 2. The first-order chi connectivity index (χ1) is 6.02. The third-order valence-corrected chi connectivity index (χ3v) is 1.78. The summed E-state index contributed by atoms with van der Waals surface area (Å²) in [6.07, 6.45) is -1.95. The molecule has 0 aromatic carbocycles. The van der Waals surface area contributed by atoms with Crippen LogP contribution in [0.25, 0.3) is 0 Å². The van der Waals surface area contributed by atoms with Crippen molar-refractivity contribution in [1.82, 2.24) is 4.98 Å². The van der Waals surface area contributed by atoms with Crippen LogP contribution in [0.3, 0.4) is 0 Å². The van der Waals surface area contributed by atoms with Gasteiger partial charge in [-0.25, -0.2) is 18.2 Å². The zero-order valence-electron chi connectivity index (χ0n) is 6.35. The van der Waals surface area contributed by atoms with Gasteiger partial charge in [0.2, 0.25) is 0 Å². The fraction of sp³-hybridized carbons (Fsp3) is 0.286. The smallest absolute Gasteiger partial charge is 0.257 e. The number of pyridine rings is 1. The van der Waals surface area contributed by atoms with Gasteiger partial charge in [0.15, 0.2) is 0 Å². The van der Waals surface area contributed by atoms with Gasteiger partial charge in [0, 0.05) is 5.56 Å². The minimum atomic E-state index is -2.79. The van der Waals surface area contributed by atoms with Crippen molar-refractivity contribution in [2.24, 2.45) is 5.73 Å². The number of nitrogens with two attached hydrogens (primary N) is 1. The van der Waals surface area contributed by atoms with Gasteiger partial charge in [-0.05, 0) is 6.07 Å². The molecule has 0 fully saturated rings. The average molecular weight is 211 g/mol. The van der Waals surface area contributed by atoms with Gasteiger partial charge in [0.1, 0.15) is 11.0 Å². The predicted molar refractivity (Wildman–Crippen MR) is 42.1 cm³/mol. The lowest BCUT2D eigenvalue weighted by atomic mass is 10.1. The van der Waals surface area contributed by atoms with Crippen molar-refractivity contribution in [3.63, 3.8) is 0 Å². The SMILES string of the molecule is NC(c1cc(F)cnc1Cl)C(F)F. The minimum absolute atomic E-state index is 0.184. The molecule has 0 radical (unpaired) electrons. The molecule has 0 saturated heterocycles. The van der Waals surface area contributed by atoms with E-state index in [0.717, 1.165) is 12.3 Å². The van der Waals surface area contributed by atoms with Crippen LogP contribution in [0.2, 0.25) is 5.15 Å². The summed E-state index contributed by atoms with van der Waals surface area (Å²) in [4.78, 5) is 3.36. The largest absolute Gasteiger partial charge is 0.319 e. The van der Waals surface area contributed by atoms with E-state index < -0.39 is 18.3 Å². The van der Waals surface area contributed by atoms with E-state index in [-0.39, 0.29) is 10.7 Å². The van der Waals surface area contributed by atoms with Gasteiger partial charge in [0.05, 0.1) is 12.2 Å². The van der Waals surface area contributed by atoms with E-state index in [2.05, 4.69) is 4.98 Å². The van der Waals surface area contributed by atoms with Gasteiger partial charge in [-0.15, -0.1) is 0 Å². The quantitative estimate of drug-likeness (QED) is 0.760. The van der Waals surface area contributed by atoms with Gasteiger partial charge in [-0.2, -0.15) is 0 Å². The molecule has 1 heterocycles. The highest BCUT2D eigenvalue weighted by molar-refractivity contribution is 6.30. The topological polar surface area (TPSA) is 38.9 Å². The molecule has 1 aromatic heterocycles. The van der Waals surface area contributed by atoms with Crippen molar-refractivity contribution in [1.29, 1.82) is 0 Å². The first-order valence-corrected chi connectivity index (χ1v) is 3.75. The van der Waals surface area contributed by atoms with Crippen molar-refractivity contribution < 1.29 is 13.2 Å². The maximum absolute atomic E-state index is 12.5. The Labute approximate surface area is 77.5 Å². The molecule has 13 heavy (non-hydrogen) atoms. The van der Waals surface area contributed by atoms with Crippen LogP contribution in [0.15, 0.2) is 12.3 Å². The zero-order chi connectivity index (χ0) is 10.0. The van der Waals surface area contributed by atoms with Crippen molar-refractivity contribution in [2.45, 2.75) is 12.5 Å². The molecular formula is C7H6ClF3N2. The third-order valence-electron chi connectivity index (χ3n) is 1.46. The normalized spacial score (nSPS) is 13.4. The van der Waals surface area contributed by atoms with Crippen LogP contribution in [-0.4, -0.2) is 11.4 Å². The number of aromatic nitrogens is 1. The van der Waals surface area contributed by atoms with E-state index in [1.807, 2.05) is 0 Å². The van der Waals surface area contributed by atoms with E-state index >= 15 is 0 Å². The standard InChI is InChI=1S/C7H6ClF3N2/c8-6-4(5(12)7(10)11)1-3(9)2-13-6/h1-2,5,7H,12H2. The Hall–Kier alpha value is -0.810.